The summed E-state index contributed by atoms with van der Waals surface area (Å²) in [5.74, 6) is 4.00. The summed E-state index contributed by atoms with van der Waals surface area (Å²) in [5, 5.41) is 10.1. The van der Waals surface area contributed by atoms with Crippen molar-refractivity contribution in [2.24, 2.45) is 40.4 Å². The molecule has 0 amide bonds. The van der Waals surface area contributed by atoms with Crippen LogP contribution in [0.5, 0.6) is 0 Å². The lowest BCUT2D eigenvalue weighted by atomic mass is 9.43. The van der Waals surface area contributed by atoms with Gasteiger partial charge in [0.05, 0.1) is 6.10 Å². The molecule has 0 unspecified atom stereocenters. The number of aliphatic hydroxyl groups excluding tert-OH is 1. The van der Waals surface area contributed by atoms with Gasteiger partial charge in [-0.2, -0.15) is 0 Å². The van der Waals surface area contributed by atoms with Crippen LogP contribution in [0, 0.1) is 40.4 Å². The molecular weight excluding hydrogens is 296 g/mol. The van der Waals surface area contributed by atoms with Gasteiger partial charge in [-0.3, -0.25) is 4.79 Å². The molecule has 2 nitrogen and oxygen atoms in total. The van der Waals surface area contributed by atoms with E-state index in [0.717, 1.165) is 49.4 Å². The first-order chi connectivity index (χ1) is 11.5. The minimum atomic E-state index is -0.0495. The lowest BCUT2D eigenvalue weighted by Gasteiger charge is -2.61. The molecule has 5 rings (SSSR count). The Morgan fingerprint density at radius 3 is 2.79 bits per heavy atom. The number of carbonyl (C=O) groups excluding carboxylic acids is 1. The van der Waals surface area contributed by atoms with Crippen molar-refractivity contribution in [1.29, 1.82) is 0 Å². The molecule has 1 N–H and O–H groups in total. The van der Waals surface area contributed by atoms with Crippen molar-refractivity contribution in [2.75, 3.05) is 0 Å². The third-order valence-electron chi connectivity index (χ3n) is 9.48. The van der Waals surface area contributed by atoms with E-state index >= 15 is 0 Å². The monoisotopic (exact) mass is 328 g/mol. The van der Waals surface area contributed by atoms with Crippen LogP contribution in [0.25, 0.3) is 0 Å². The van der Waals surface area contributed by atoms with Crippen molar-refractivity contribution in [2.45, 2.75) is 77.2 Å². The van der Waals surface area contributed by atoms with E-state index in [4.69, 9.17) is 0 Å². The SMILES string of the molecule is C[C@]12CC[C@@H](O)C[C@@H]1CC[C@@H]1[C@@H]2CC[C@@]23CC=CC(=O)[C@H]2CC[C@@H]13. The Morgan fingerprint density at radius 1 is 1.04 bits per heavy atom. The Kier molecular flexibility index (Phi) is 3.38. The minimum absolute atomic E-state index is 0.0495. The number of allylic oxidation sites excluding steroid dienone is 2. The summed E-state index contributed by atoms with van der Waals surface area (Å²) in [6, 6.07) is 0. The van der Waals surface area contributed by atoms with E-state index in [1.807, 2.05) is 6.08 Å². The summed E-state index contributed by atoms with van der Waals surface area (Å²) in [4.78, 5) is 12.5. The molecule has 0 aromatic rings. The molecule has 0 heterocycles. The fourth-order valence-corrected chi connectivity index (χ4v) is 8.38. The van der Waals surface area contributed by atoms with Crippen LogP contribution in [-0.4, -0.2) is 17.0 Å². The largest absolute Gasteiger partial charge is 0.393 e. The van der Waals surface area contributed by atoms with Crippen LogP contribution in [0.2, 0.25) is 0 Å². The standard InChI is InChI=1S/C22H32O2/c1-21-11-8-15(23)13-14(21)4-5-16-17(21)9-12-22-10-2-3-20(24)19(22)7-6-18(16)22/h2-3,14-19,23H,4-13H2,1H3/t14-,15+,16+,17-,18-,19+,21-,22+/m0/s1. The van der Waals surface area contributed by atoms with Crippen molar-refractivity contribution < 1.29 is 9.90 Å². The second kappa shape index (κ2) is 5.19. The van der Waals surface area contributed by atoms with Crippen molar-refractivity contribution in [3.8, 4) is 0 Å². The van der Waals surface area contributed by atoms with Gasteiger partial charge in [0.25, 0.3) is 0 Å². The van der Waals surface area contributed by atoms with Gasteiger partial charge in [0.2, 0.25) is 0 Å². The first-order valence-electron chi connectivity index (χ1n) is 10.4. The van der Waals surface area contributed by atoms with Crippen LogP contribution >= 0.6 is 0 Å². The van der Waals surface area contributed by atoms with Crippen LogP contribution in [-0.2, 0) is 4.79 Å². The van der Waals surface area contributed by atoms with Gasteiger partial charge in [0.1, 0.15) is 0 Å². The predicted molar refractivity (Wildman–Crippen MR) is 94.3 cm³/mol. The number of carbonyl (C=O) groups is 1. The molecule has 4 fully saturated rings. The Morgan fingerprint density at radius 2 is 1.92 bits per heavy atom. The van der Waals surface area contributed by atoms with Gasteiger partial charge in [-0.25, -0.2) is 0 Å². The zero-order valence-electron chi connectivity index (χ0n) is 15.0. The van der Waals surface area contributed by atoms with E-state index < -0.39 is 0 Å². The molecule has 0 bridgehead atoms. The van der Waals surface area contributed by atoms with Crippen molar-refractivity contribution in [3.63, 3.8) is 0 Å². The maximum absolute atomic E-state index is 12.5. The van der Waals surface area contributed by atoms with Crippen LogP contribution in [0.3, 0.4) is 0 Å². The van der Waals surface area contributed by atoms with Crippen LogP contribution in [0.4, 0.5) is 0 Å². The summed E-state index contributed by atoms with van der Waals surface area (Å²) in [7, 11) is 0. The van der Waals surface area contributed by atoms with E-state index in [0.29, 0.717) is 22.5 Å². The van der Waals surface area contributed by atoms with Crippen LogP contribution < -0.4 is 0 Å². The number of fused-ring (bicyclic) bond motifs is 4. The normalized spacial score (nSPS) is 56.2. The highest BCUT2D eigenvalue weighted by Gasteiger charge is 2.62. The minimum Gasteiger partial charge on any atom is -0.393 e. The molecule has 0 radical (unpaired) electrons. The molecule has 8 atom stereocenters. The fourth-order valence-electron chi connectivity index (χ4n) is 8.38. The van der Waals surface area contributed by atoms with Crippen molar-refractivity contribution in [3.05, 3.63) is 12.2 Å². The van der Waals surface area contributed by atoms with Gasteiger partial charge in [-0.1, -0.05) is 13.0 Å². The second-order valence-corrected chi connectivity index (χ2v) is 10.00. The van der Waals surface area contributed by atoms with Gasteiger partial charge >= 0.3 is 0 Å². The van der Waals surface area contributed by atoms with Crippen molar-refractivity contribution in [1.82, 2.24) is 0 Å². The Bertz CT molecular complexity index is 581. The Hall–Kier alpha value is -0.630. The maximum atomic E-state index is 12.5. The lowest BCUT2D eigenvalue weighted by molar-refractivity contribution is -0.140. The molecule has 4 saturated carbocycles. The van der Waals surface area contributed by atoms with Gasteiger partial charge in [0, 0.05) is 5.92 Å². The van der Waals surface area contributed by atoms with E-state index in [9.17, 15) is 9.90 Å². The summed E-state index contributed by atoms with van der Waals surface area (Å²) in [6.07, 6.45) is 16.2. The molecule has 5 aliphatic carbocycles. The van der Waals surface area contributed by atoms with E-state index in [2.05, 4.69) is 13.0 Å². The highest BCUT2D eigenvalue weighted by Crippen LogP contribution is 2.69. The van der Waals surface area contributed by atoms with Gasteiger partial charge in [-0.05, 0) is 105 Å². The van der Waals surface area contributed by atoms with Gasteiger partial charge in [-0.15, -0.1) is 0 Å². The molecule has 1 spiro atoms. The summed E-state index contributed by atoms with van der Waals surface area (Å²) < 4.78 is 0. The molecule has 2 heteroatoms. The quantitative estimate of drug-likeness (QED) is 0.710. The van der Waals surface area contributed by atoms with E-state index in [1.165, 1.54) is 38.5 Å². The zero-order valence-corrected chi connectivity index (χ0v) is 15.0. The third-order valence-corrected chi connectivity index (χ3v) is 9.48. The molecule has 24 heavy (non-hydrogen) atoms. The fraction of sp³-hybridized carbons (Fsp3) is 0.864. The van der Waals surface area contributed by atoms with Crippen LogP contribution in [0.15, 0.2) is 12.2 Å². The lowest BCUT2D eigenvalue weighted by Crippen LogP contribution is -2.55. The average Bonchev–Trinajstić information content (AvgIpc) is 2.96. The molecule has 0 saturated heterocycles. The predicted octanol–water partition coefficient (Wildman–Crippen LogP) is 4.52. The van der Waals surface area contributed by atoms with E-state index in [-0.39, 0.29) is 6.10 Å². The second-order valence-electron chi connectivity index (χ2n) is 10.00. The summed E-state index contributed by atoms with van der Waals surface area (Å²) >= 11 is 0. The molecular formula is C22H32O2. The first-order valence-corrected chi connectivity index (χ1v) is 10.4. The number of hydrogen-bond acceptors (Lipinski definition) is 2. The van der Waals surface area contributed by atoms with Crippen molar-refractivity contribution >= 4 is 5.78 Å². The van der Waals surface area contributed by atoms with Gasteiger partial charge in [0.15, 0.2) is 5.78 Å². The molecule has 5 aliphatic rings. The number of rotatable bonds is 0. The van der Waals surface area contributed by atoms with Gasteiger partial charge < -0.3 is 5.11 Å². The highest BCUT2D eigenvalue weighted by molar-refractivity contribution is 5.93. The molecule has 0 aliphatic heterocycles. The average molecular weight is 328 g/mol. The number of ketones is 1. The molecule has 0 aromatic heterocycles. The maximum Gasteiger partial charge on any atom is 0.159 e. The van der Waals surface area contributed by atoms with Crippen LogP contribution in [0.1, 0.15) is 71.1 Å². The first kappa shape index (κ1) is 15.6. The molecule has 0 aromatic carbocycles. The highest BCUT2D eigenvalue weighted by atomic mass is 16.3. The number of aliphatic hydroxyl groups is 1. The smallest absolute Gasteiger partial charge is 0.159 e. The zero-order chi connectivity index (χ0) is 16.5. The Labute approximate surface area is 146 Å². The molecule has 132 valence electrons. The van der Waals surface area contributed by atoms with E-state index in [1.54, 1.807) is 0 Å². The Balaban J connectivity index is 1.47. The number of hydrogen-bond donors (Lipinski definition) is 1. The summed E-state index contributed by atoms with van der Waals surface area (Å²) in [5.41, 5.74) is 0.779. The summed E-state index contributed by atoms with van der Waals surface area (Å²) in [6.45, 7) is 2.55. The third kappa shape index (κ3) is 1.90. The topological polar surface area (TPSA) is 37.3 Å².